The summed E-state index contributed by atoms with van der Waals surface area (Å²) < 4.78 is 3.74. The number of hydrogen-bond acceptors (Lipinski definition) is 1. The third kappa shape index (κ3) is 2.59. The molecule has 1 aliphatic carbocycles. The summed E-state index contributed by atoms with van der Waals surface area (Å²) >= 11 is 2.43. The summed E-state index contributed by atoms with van der Waals surface area (Å²) in [5.74, 6) is 1.09. The summed E-state index contributed by atoms with van der Waals surface area (Å²) in [4.78, 5) is 0. The van der Waals surface area contributed by atoms with Crippen LogP contribution in [-0.2, 0) is 6.54 Å². The Balaban J connectivity index is 1.52. The van der Waals surface area contributed by atoms with E-state index in [9.17, 15) is 0 Å². The minimum absolute atomic E-state index is 0.343. The lowest BCUT2D eigenvalue weighted by Crippen LogP contribution is -2.29. The highest BCUT2D eigenvalue weighted by molar-refractivity contribution is 14.1. The van der Waals surface area contributed by atoms with Gasteiger partial charge in [-0.25, -0.2) is 0 Å². The van der Waals surface area contributed by atoms with Crippen molar-refractivity contribution in [1.29, 1.82) is 0 Å². The first kappa shape index (κ1) is 17.6. The van der Waals surface area contributed by atoms with E-state index in [1.54, 1.807) is 0 Å². The Morgan fingerprint density at radius 1 is 1.00 bits per heavy atom. The number of aryl methyl sites for hydroxylation is 1. The van der Waals surface area contributed by atoms with Crippen molar-refractivity contribution in [3.63, 3.8) is 0 Å². The van der Waals surface area contributed by atoms with Gasteiger partial charge in [0.2, 0.25) is 0 Å². The molecule has 0 radical (unpaired) electrons. The Morgan fingerprint density at radius 3 is 2.76 bits per heavy atom. The van der Waals surface area contributed by atoms with Gasteiger partial charge in [0.1, 0.15) is 0 Å². The summed E-state index contributed by atoms with van der Waals surface area (Å²) in [6, 6.07) is 23.1. The van der Waals surface area contributed by atoms with Crippen LogP contribution in [0.15, 0.2) is 72.8 Å². The number of nitrogens with zero attached hydrogens (tertiary/aromatic N) is 1. The standard InChI is InChI=1S/C26H23IN2/c1-2-29-24-9-4-3-6-19(24)22-14-16(10-13-25(22)29)26-20-8-5-7-18(20)21-15-17(27)11-12-23(21)28-26/h3-7,9-15,18,20,26,28H,2,8H2,1H3. The van der Waals surface area contributed by atoms with Gasteiger partial charge in [-0.05, 0) is 89.4 Å². The molecular formula is C26H23IN2. The summed E-state index contributed by atoms with van der Waals surface area (Å²) in [5.41, 5.74) is 6.82. The van der Waals surface area contributed by atoms with Gasteiger partial charge in [0.05, 0.1) is 6.04 Å². The van der Waals surface area contributed by atoms with Gasteiger partial charge in [-0.15, -0.1) is 0 Å². The van der Waals surface area contributed by atoms with Crippen LogP contribution >= 0.6 is 22.6 Å². The fraction of sp³-hybridized carbons (Fsp3) is 0.231. The molecule has 6 rings (SSSR count). The number of nitrogens with one attached hydrogen (secondary N) is 1. The molecule has 3 aromatic carbocycles. The summed E-state index contributed by atoms with van der Waals surface area (Å²) in [6.45, 7) is 3.22. The molecule has 0 amide bonds. The number of anilines is 1. The van der Waals surface area contributed by atoms with E-state index in [1.807, 2.05) is 0 Å². The van der Waals surface area contributed by atoms with Gasteiger partial charge in [0, 0.05) is 43.5 Å². The number of allylic oxidation sites excluding steroid dienone is 2. The highest BCUT2D eigenvalue weighted by Crippen LogP contribution is 2.50. The fourth-order valence-electron chi connectivity index (χ4n) is 5.50. The van der Waals surface area contributed by atoms with Crippen LogP contribution in [0, 0.1) is 9.49 Å². The predicted octanol–water partition coefficient (Wildman–Crippen LogP) is 7.25. The molecule has 2 aliphatic rings. The molecule has 3 unspecified atom stereocenters. The Bertz CT molecular complexity index is 1280. The van der Waals surface area contributed by atoms with Crippen molar-refractivity contribution < 1.29 is 0 Å². The van der Waals surface area contributed by atoms with E-state index in [-0.39, 0.29) is 0 Å². The maximum absolute atomic E-state index is 3.90. The molecule has 144 valence electrons. The molecule has 0 bridgehead atoms. The molecule has 2 heterocycles. The Morgan fingerprint density at radius 2 is 1.86 bits per heavy atom. The molecule has 3 heteroatoms. The summed E-state index contributed by atoms with van der Waals surface area (Å²) in [6.07, 6.45) is 5.94. The predicted molar refractivity (Wildman–Crippen MR) is 131 cm³/mol. The third-order valence-corrected chi connectivity index (χ3v) is 7.47. The van der Waals surface area contributed by atoms with E-state index in [2.05, 4.69) is 112 Å². The van der Waals surface area contributed by atoms with Gasteiger partial charge in [-0.3, -0.25) is 0 Å². The minimum Gasteiger partial charge on any atom is -0.378 e. The van der Waals surface area contributed by atoms with E-state index in [4.69, 9.17) is 0 Å². The van der Waals surface area contributed by atoms with Crippen LogP contribution in [0.5, 0.6) is 0 Å². The largest absolute Gasteiger partial charge is 0.378 e. The number of para-hydroxylation sites is 1. The zero-order valence-electron chi connectivity index (χ0n) is 16.4. The average molecular weight is 490 g/mol. The average Bonchev–Trinajstić information content (AvgIpc) is 3.36. The van der Waals surface area contributed by atoms with E-state index >= 15 is 0 Å². The fourth-order valence-corrected chi connectivity index (χ4v) is 6.02. The van der Waals surface area contributed by atoms with Crippen molar-refractivity contribution in [3.05, 3.63) is 87.5 Å². The lowest BCUT2D eigenvalue weighted by molar-refractivity contribution is 0.425. The lowest BCUT2D eigenvalue weighted by Gasteiger charge is -2.37. The zero-order valence-corrected chi connectivity index (χ0v) is 18.6. The SMILES string of the molecule is CCn1c2ccccc2c2cc(C3Nc4ccc(I)cc4C4C=CCC43)ccc21. The molecule has 0 saturated heterocycles. The van der Waals surface area contributed by atoms with Crippen LogP contribution in [0.2, 0.25) is 0 Å². The summed E-state index contributed by atoms with van der Waals surface area (Å²) in [5, 5.41) is 6.63. The minimum atomic E-state index is 0.343. The Hall–Kier alpha value is -2.27. The maximum atomic E-state index is 3.90. The second kappa shape index (κ2) is 6.63. The number of rotatable bonds is 2. The topological polar surface area (TPSA) is 17.0 Å². The highest BCUT2D eigenvalue weighted by Gasteiger charge is 2.38. The highest BCUT2D eigenvalue weighted by atomic mass is 127. The molecule has 4 aromatic rings. The van der Waals surface area contributed by atoms with Crippen LogP contribution in [0.3, 0.4) is 0 Å². The molecule has 29 heavy (non-hydrogen) atoms. The zero-order chi connectivity index (χ0) is 19.5. The number of hydrogen-bond donors (Lipinski definition) is 1. The molecule has 0 fully saturated rings. The van der Waals surface area contributed by atoms with Crippen molar-refractivity contribution in [1.82, 2.24) is 4.57 Å². The first-order valence-electron chi connectivity index (χ1n) is 10.5. The van der Waals surface area contributed by atoms with E-state index in [0.717, 1.165) is 13.0 Å². The van der Waals surface area contributed by atoms with E-state index in [1.165, 1.54) is 42.2 Å². The second-order valence-corrected chi connectivity index (χ2v) is 9.49. The lowest BCUT2D eigenvalue weighted by atomic mass is 9.77. The van der Waals surface area contributed by atoms with Gasteiger partial charge < -0.3 is 9.88 Å². The number of aromatic nitrogens is 1. The van der Waals surface area contributed by atoms with Crippen LogP contribution in [0.1, 0.15) is 36.4 Å². The van der Waals surface area contributed by atoms with Gasteiger partial charge in [-0.2, -0.15) is 0 Å². The van der Waals surface area contributed by atoms with Crippen LogP contribution in [0.4, 0.5) is 5.69 Å². The smallest absolute Gasteiger partial charge is 0.0554 e. The molecule has 1 aromatic heterocycles. The third-order valence-electron chi connectivity index (χ3n) is 6.80. The van der Waals surface area contributed by atoms with Gasteiger partial charge in [-0.1, -0.05) is 36.4 Å². The number of benzene rings is 3. The first-order valence-corrected chi connectivity index (χ1v) is 11.6. The van der Waals surface area contributed by atoms with E-state index < -0.39 is 0 Å². The first-order chi connectivity index (χ1) is 14.2. The van der Waals surface area contributed by atoms with Crippen molar-refractivity contribution in [2.24, 2.45) is 5.92 Å². The van der Waals surface area contributed by atoms with Crippen molar-refractivity contribution in [2.45, 2.75) is 31.8 Å². The molecule has 1 N–H and O–H groups in total. The summed E-state index contributed by atoms with van der Waals surface area (Å²) in [7, 11) is 0. The van der Waals surface area contributed by atoms with Gasteiger partial charge >= 0.3 is 0 Å². The molecule has 0 saturated carbocycles. The normalized spacial score (nSPS) is 22.6. The Kier molecular flexibility index (Phi) is 4.02. The van der Waals surface area contributed by atoms with Gasteiger partial charge in [0.15, 0.2) is 0 Å². The Labute approximate surface area is 184 Å². The molecule has 2 nitrogen and oxygen atoms in total. The van der Waals surface area contributed by atoms with Crippen molar-refractivity contribution in [2.75, 3.05) is 5.32 Å². The quantitative estimate of drug-likeness (QED) is 0.232. The molecule has 0 spiro atoms. The van der Waals surface area contributed by atoms with Crippen LogP contribution in [-0.4, -0.2) is 4.57 Å². The van der Waals surface area contributed by atoms with Crippen LogP contribution < -0.4 is 5.32 Å². The van der Waals surface area contributed by atoms with Gasteiger partial charge in [0.25, 0.3) is 0 Å². The molecule has 1 aliphatic heterocycles. The van der Waals surface area contributed by atoms with Crippen molar-refractivity contribution in [3.8, 4) is 0 Å². The number of halogens is 1. The van der Waals surface area contributed by atoms with Crippen LogP contribution in [0.25, 0.3) is 21.8 Å². The second-order valence-electron chi connectivity index (χ2n) is 8.25. The number of fused-ring (bicyclic) bond motifs is 6. The molecule has 3 atom stereocenters. The monoisotopic (exact) mass is 490 g/mol. The van der Waals surface area contributed by atoms with Crippen molar-refractivity contribution >= 4 is 50.1 Å². The molecular weight excluding hydrogens is 467 g/mol. The maximum Gasteiger partial charge on any atom is 0.0554 e. The van der Waals surface area contributed by atoms with E-state index in [0.29, 0.717) is 17.9 Å².